The average Bonchev–Trinajstić information content (AvgIpc) is 2.84. The van der Waals surface area contributed by atoms with Gasteiger partial charge in [-0.25, -0.2) is 8.42 Å². The molecule has 166 valence electrons. The lowest BCUT2D eigenvalue weighted by Crippen LogP contribution is -2.47. The molecule has 0 radical (unpaired) electrons. The van der Waals surface area contributed by atoms with Gasteiger partial charge in [-0.15, -0.1) is 0 Å². The second-order valence-corrected chi connectivity index (χ2v) is 9.81. The van der Waals surface area contributed by atoms with Gasteiger partial charge in [0.25, 0.3) is 15.9 Å². The molecule has 0 bridgehead atoms. The summed E-state index contributed by atoms with van der Waals surface area (Å²) in [5.74, 6) is -0.0230. The van der Waals surface area contributed by atoms with Crippen LogP contribution >= 0.6 is 0 Å². The summed E-state index contributed by atoms with van der Waals surface area (Å²) in [6.45, 7) is 3.29. The van der Waals surface area contributed by atoms with Crippen LogP contribution in [-0.2, 0) is 16.6 Å². The van der Waals surface area contributed by atoms with E-state index < -0.39 is 10.0 Å². The van der Waals surface area contributed by atoms with Gasteiger partial charge in [-0.3, -0.25) is 9.10 Å². The van der Waals surface area contributed by atoms with Gasteiger partial charge in [0.15, 0.2) is 0 Å². The molecule has 3 aromatic carbocycles. The van der Waals surface area contributed by atoms with Crippen LogP contribution in [0.2, 0.25) is 0 Å². The maximum Gasteiger partial charge on any atom is 0.264 e. The molecule has 1 saturated heterocycles. The van der Waals surface area contributed by atoms with Gasteiger partial charge in [-0.1, -0.05) is 48.5 Å². The zero-order valence-electron chi connectivity index (χ0n) is 18.1. The van der Waals surface area contributed by atoms with E-state index in [0.717, 1.165) is 18.7 Å². The summed E-state index contributed by atoms with van der Waals surface area (Å²) in [6.07, 6.45) is 0. The number of rotatable bonds is 6. The maximum atomic E-state index is 13.5. The minimum Gasteiger partial charge on any atom is -0.336 e. The largest absolute Gasteiger partial charge is 0.336 e. The van der Waals surface area contributed by atoms with Crippen LogP contribution in [0.1, 0.15) is 15.9 Å². The van der Waals surface area contributed by atoms with Crippen molar-refractivity contribution in [3.05, 3.63) is 96.1 Å². The van der Waals surface area contributed by atoms with Crippen molar-refractivity contribution < 1.29 is 13.2 Å². The Kier molecular flexibility index (Phi) is 6.58. The first-order chi connectivity index (χ1) is 15.4. The molecule has 1 amide bonds. The number of hydrogen-bond acceptors (Lipinski definition) is 4. The van der Waals surface area contributed by atoms with Crippen molar-refractivity contribution in [1.29, 1.82) is 0 Å². The Labute approximate surface area is 189 Å². The number of anilines is 1. The van der Waals surface area contributed by atoms with Crippen molar-refractivity contribution in [2.75, 3.05) is 37.5 Å². The van der Waals surface area contributed by atoms with Crippen LogP contribution in [0.4, 0.5) is 5.69 Å². The molecule has 0 aromatic heterocycles. The Morgan fingerprint density at radius 2 is 1.38 bits per heavy atom. The third-order valence-corrected chi connectivity index (χ3v) is 7.48. The van der Waals surface area contributed by atoms with Crippen molar-refractivity contribution in [1.82, 2.24) is 9.80 Å². The number of amides is 1. The van der Waals surface area contributed by atoms with Crippen LogP contribution in [0, 0.1) is 0 Å². The first-order valence-corrected chi connectivity index (χ1v) is 12.1. The van der Waals surface area contributed by atoms with E-state index in [1.807, 2.05) is 42.3 Å². The predicted octanol–water partition coefficient (Wildman–Crippen LogP) is 3.47. The van der Waals surface area contributed by atoms with Crippen molar-refractivity contribution in [2.24, 2.45) is 0 Å². The lowest BCUT2D eigenvalue weighted by Gasteiger charge is -2.32. The highest BCUT2D eigenvalue weighted by Gasteiger charge is 2.26. The summed E-state index contributed by atoms with van der Waals surface area (Å²) in [7, 11) is -1.73. The van der Waals surface area contributed by atoms with E-state index in [4.69, 9.17) is 0 Å². The Hall–Kier alpha value is -3.16. The van der Waals surface area contributed by atoms with E-state index in [0.29, 0.717) is 24.3 Å². The van der Waals surface area contributed by atoms with Gasteiger partial charge in [-0.2, -0.15) is 0 Å². The molecule has 3 aromatic rings. The number of nitrogens with zero attached hydrogens (tertiary/aromatic N) is 3. The number of carbonyl (C=O) groups is 1. The molecule has 0 atom stereocenters. The molecule has 32 heavy (non-hydrogen) atoms. The SMILES string of the molecule is CN1CCN(C(=O)c2ccc(N(Cc3ccccc3)S(=O)(=O)c3ccccc3)cc2)CC1. The Morgan fingerprint density at radius 3 is 1.97 bits per heavy atom. The second-order valence-electron chi connectivity index (χ2n) is 7.95. The molecule has 0 spiro atoms. The van der Waals surface area contributed by atoms with Gasteiger partial charge in [0, 0.05) is 31.7 Å². The molecule has 6 nitrogen and oxygen atoms in total. The van der Waals surface area contributed by atoms with E-state index in [-0.39, 0.29) is 17.3 Å². The lowest BCUT2D eigenvalue weighted by atomic mass is 10.1. The van der Waals surface area contributed by atoms with Gasteiger partial charge >= 0.3 is 0 Å². The Morgan fingerprint density at radius 1 is 0.812 bits per heavy atom. The van der Waals surface area contributed by atoms with Crippen molar-refractivity contribution >= 4 is 21.6 Å². The van der Waals surface area contributed by atoms with E-state index >= 15 is 0 Å². The van der Waals surface area contributed by atoms with E-state index in [9.17, 15) is 13.2 Å². The zero-order valence-corrected chi connectivity index (χ0v) is 18.9. The Balaban J connectivity index is 1.63. The second kappa shape index (κ2) is 9.54. The van der Waals surface area contributed by atoms with Crippen LogP contribution in [0.25, 0.3) is 0 Å². The first-order valence-electron chi connectivity index (χ1n) is 10.6. The number of piperazine rings is 1. The number of hydrogen-bond donors (Lipinski definition) is 0. The fraction of sp³-hybridized carbons (Fsp3) is 0.240. The fourth-order valence-electron chi connectivity index (χ4n) is 3.75. The monoisotopic (exact) mass is 449 g/mol. The topological polar surface area (TPSA) is 60.9 Å². The van der Waals surface area contributed by atoms with Gasteiger partial charge in [0.05, 0.1) is 17.1 Å². The molecule has 0 unspecified atom stereocenters. The minimum atomic E-state index is -3.78. The summed E-state index contributed by atoms with van der Waals surface area (Å²) in [5, 5.41) is 0. The van der Waals surface area contributed by atoms with E-state index in [1.54, 1.807) is 54.6 Å². The molecular weight excluding hydrogens is 422 g/mol. The van der Waals surface area contributed by atoms with E-state index in [1.165, 1.54) is 4.31 Å². The van der Waals surface area contributed by atoms with Crippen LogP contribution in [0.5, 0.6) is 0 Å². The van der Waals surface area contributed by atoms with Crippen molar-refractivity contribution in [2.45, 2.75) is 11.4 Å². The van der Waals surface area contributed by atoms with Crippen LogP contribution in [-0.4, -0.2) is 57.4 Å². The lowest BCUT2D eigenvalue weighted by molar-refractivity contribution is 0.0664. The standard InChI is InChI=1S/C25H27N3O3S/c1-26-16-18-27(19-17-26)25(29)22-12-14-23(15-13-22)28(20-21-8-4-2-5-9-21)32(30,31)24-10-6-3-7-11-24/h2-15H,16-20H2,1H3. The van der Waals surface area contributed by atoms with Gasteiger partial charge in [-0.05, 0) is 49.0 Å². The van der Waals surface area contributed by atoms with Gasteiger partial charge in [0.1, 0.15) is 0 Å². The Bertz CT molecular complexity index is 1140. The van der Waals surface area contributed by atoms with E-state index in [2.05, 4.69) is 4.90 Å². The quantitative estimate of drug-likeness (QED) is 0.578. The summed E-state index contributed by atoms with van der Waals surface area (Å²) < 4.78 is 28.4. The molecule has 4 rings (SSSR count). The van der Waals surface area contributed by atoms with Crippen molar-refractivity contribution in [3.63, 3.8) is 0 Å². The van der Waals surface area contributed by atoms with Gasteiger partial charge < -0.3 is 9.80 Å². The number of benzene rings is 3. The van der Waals surface area contributed by atoms with Gasteiger partial charge in [0.2, 0.25) is 0 Å². The molecule has 0 aliphatic carbocycles. The number of likely N-dealkylation sites (N-methyl/N-ethyl adjacent to an activating group) is 1. The molecule has 1 aliphatic rings. The summed E-state index contributed by atoms with van der Waals surface area (Å²) >= 11 is 0. The van der Waals surface area contributed by atoms with Crippen LogP contribution in [0.3, 0.4) is 0 Å². The van der Waals surface area contributed by atoms with Crippen LogP contribution < -0.4 is 4.31 Å². The molecule has 7 heteroatoms. The minimum absolute atomic E-state index is 0.0230. The summed E-state index contributed by atoms with van der Waals surface area (Å²) in [5.41, 5.74) is 1.97. The zero-order chi connectivity index (χ0) is 22.6. The highest BCUT2D eigenvalue weighted by Crippen LogP contribution is 2.26. The molecule has 0 N–H and O–H groups in total. The highest BCUT2D eigenvalue weighted by atomic mass is 32.2. The molecule has 1 aliphatic heterocycles. The average molecular weight is 450 g/mol. The summed E-state index contributed by atoms with van der Waals surface area (Å²) in [6, 6.07) is 24.8. The third-order valence-electron chi connectivity index (χ3n) is 5.69. The number of sulfonamides is 1. The predicted molar refractivity (Wildman–Crippen MR) is 126 cm³/mol. The molecule has 0 saturated carbocycles. The summed E-state index contributed by atoms with van der Waals surface area (Å²) in [4.78, 5) is 17.1. The van der Waals surface area contributed by atoms with Crippen molar-refractivity contribution in [3.8, 4) is 0 Å². The number of carbonyl (C=O) groups excluding carboxylic acids is 1. The molecule has 1 fully saturated rings. The maximum absolute atomic E-state index is 13.5. The highest BCUT2D eigenvalue weighted by molar-refractivity contribution is 7.92. The normalized spacial score (nSPS) is 14.8. The molecule has 1 heterocycles. The molecular formula is C25H27N3O3S. The fourth-order valence-corrected chi connectivity index (χ4v) is 5.22. The first kappa shape index (κ1) is 22.0. The smallest absolute Gasteiger partial charge is 0.264 e. The third kappa shape index (κ3) is 4.84. The van der Waals surface area contributed by atoms with Crippen LogP contribution in [0.15, 0.2) is 89.8 Å².